The van der Waals surface area contributed by atoms with E-state index in [2.05, 4.69) is 9.97 Å². The summed E-state index contributed by atoms with van der Waals surface area (Å²) in [5, 5.41) is 8.70. The molecule has 162 valence electrons. The zero-order chi connectivity index (χ0) is 22.3. The van der Waals surface area contributed by atoms with Crippen molar-refractivity contribution in [3.05, 3.63) is 89.7 Å². The predicted octanol–water partition coefficient (Wildman–Crippen LogP) is 2.49. The van der Waals surface area contributed by atoms with Crippen LogP contribution in [0.5, 0.6) is 0 Å². The molecule has 1 aromatic heterocycles. The van der Waals surface area contributed by atoms with Crippen LogP contribution in [0, 0.1) is 0 Å². The number of carbonyl (C=O) groups excluding carboxylic acids is 2. The van der Waals surface area contributed by atoms with E-state index in [0.29, 0.717) is 37.7 Å². The van der Waals surface area contributed by atoms with Gasteiger partial charge in [0.15, 0.2) is 0 Å². The average molecular weight is 429 g/mol. The molecular formula is C24H23N5O3. The number of rotatable bonds is 5. The lowest BCUT2D eigenvalue weighted by molar-refractivity contribution is -0.125. The van der Waals surface area contributed by atoms with Crippen LogP contribution in [0.15, 0.2) is 73.1 Å². The SMILES string of the molecule is O=C(NO)c1cnc(N2CCN(C(=O)C(=Cc3ccccc3)c3ccccc3)CC2)nc1. The van der Waals surface area contributed by atoms with Crippen molar-refractivity contribution in [2.45, 2.75) is 0 Å². The molecule has 2 amide bonds. The maximum Gasteiger partial charge on any atom is 0.277 e. The van der Waals surface area contributed by atoms with Gasteiger partial charge in [-0.25, -0.2) is 15.4 Å². The monoisotopic (exact) mass is 429 g/mol. The molecule has 3 aromatic rings. The lowest BCUT2D eigenvalue weighted by Gasteiger charge is -2.35. The Hall–Kier alpha value is -4.04. The van der Waals surface area contributed by atoms with E-state index in [-0.39, 0.29) is 11.5 Å². The quantitative estimate of drug-likeness (QED) is 0.280. The summed E-state index contributed by atoms with van der Waals surface area (Å²) in [6.45, 7) is 2.20. The van der Waals surface area contributed by atoms with Gasteiger partial charge in [-0.2, -0.15) is 0 Å². The van der Waals surface area contributed by atoms with Gasteiger partial charge in [-0.1, -0.05) is 60.7 Å². The normalized spacial score (nSPS) is 14.2. The van der Waals surface area contributed by atoms with Gasteiger partial charge in [-0.15, -0.1) is 0 Å². The number of piperazine rings is 1. The van der Waals surface area contributed by atoms with Crippen LogP contribution in [0.2, 0.25) is 0 Å². The highest BCUT2D eigenvalue weighted by Gasteiger charge is 2.25. The third-order valence-electron chi connectivity index (χ3n) is 5.28. The first-order chi connectivity index (χ1) is 15.7. The molecule has 1 aliphatic rings. The molecule has 1 saturated heterocycles. The molecular weight excluding hydrogens is 406 g/mol. The number of anilines is 1. The number of hydroxylamine groups is 1. The van der Waals surface area contributed by atoms with Crippen LogP contribution < -0.4 is 10.4 Å². The Labute approximate surface area is 185 Å². The number of hydrogen-bond acceptors (Lipinski definition) is 6. The second-order valence-electron chi connectivity index (χ2n) is 7.33. The van der Waals surface area contributed by atoms with Crippen molar-refractivity contribution in [3.63, 3.8) is 0 Å². The highest BCUT2D eigenvalue weighted by molar-refractivity contribution is 6.24. The molecule has 2 N–H and O–H groups in total. The molecule has 2 heterocycles. The molecule has 8 heteroatoms. The highest BCUT2D eigenvalue weighted by Crippen LogP contribution is 2.22. The zero-order valence-electron chi connectivity index (χ0n) is 17.4. The fourth-order valence-corrected chi connectivity index (χ4v) is 3.55. The summed E-state index contributed by atoms with van der Waals surface area (Å²) in [6.07, 6.45) is 4.65. The van der Waals surface area contributed by atoms with E-state index in [1.165, 1.54) is 12.4 Å². The smallest absolute Gasteiger partial charge is 0.277 e. The highest BCUT2D eigenvalue weighted by atomic mass is 16.5. The molecule has 0 atom stereocenters. The van der Waals surface area contributed by atoms with Crippen LogP contribution in [0.1, 0.15) is 21.5 Å². The molecule has 0 unspecified atom stereocenters. The molecule has 0 aliphatic carbocycles. The van der Waals surface area contributed by atoms with Crippen molar-refractivity contribution in [2.75, 3.05) is 31.1 Å². The van der Waals surface area contributed by atoms with Crippen LogP contribution in [-0.2, 0) is 4.79 Å². The summed E-state index contributed by atoms with van der Waals surface area (Å²) < 4.78 is 0. The maximum atomic E-state index is 13.4. The largest absolute Gasteiger partial charge is 0.337 e. The van der Waals surface area contributed by atoms with E-state index in [0.717, 1.165) is 11.1 Å². The Balaban J connectivity index is 1.48. The second-order valence-corrected chi connectivity index (χ2v) is 7.33. The van der Waals surface area contributed by atoms with Gasteiger partial charge in [-0.3, -0.25) is 14.8 Å². The van der Waals surface area contributed by atoms with Gasteiger partial charge in [0.05, 0.1) is 5.56 Å². The molecule has 32 heavy (non-hydrogen) atoms. The molecule has 0 saturated carbocycles. The Morgan fingerprint density at radius 3 is 2.03 bits per heavy atom. The first-order valence-corrected chi connectivity index (χ1v) is 10.3. The van der Waals surface area contributed by atoms with Crippen molar-refractivity contribution in [1.82, 2.24) is 20.3 Å². The van der Waals surface area contributed by atoms with Gasteiger partial charge in [0, 0.05) is 44.1 Å². The van der Waals surface area contributed by atoms with Crippen LogP contribution >= 0.6 is 0 Å². The van der Waals surface area contributed by atoms with Crippen molar-refractivity contribution in [3.8, 4) is 0 Å². The number of aromatic nitrogens is 2. The minimum atomic E-state index is -0.661. The summed E-state index contributed by atoms with van der Waals surface area (Å²) in [5.74, 6) is -0.198. The molecule has 1 aliphatic heterocycles. The lowest BCUT2D eigenvalue weighted by atomic mass is 10.0. The van der Waals surface area contributed by atoms with Crippen LogP contribution in [-0.4, -0.2) is 58.1 Å². The summed E-state index contributed by atoms with van der Waals surface area (Å²) >= 11 is 0. The second kappa shape index (κ2) is 9.84. The molecule has 2 aromatic carbocycles. The van der Waals surface area contributed by atoms with E-state index in [1.807, 2.05) is 76.5 Å². The zero-order valence-corrected chi connectivity index (χ0v) is 17.4. The van der Waals surface area contributed by atoms with Crippen LogP contribution in [0.25, 0.3) is 11.6 Å². The lowest BCUT2D eigenvalue weighted by Crippen LogP contribution is -2.49. The molecule has 1 fully saturated rings. The van der Waals surface area contributed by atoms with Gasteiger partial charge in [0.25, 0.3) is 11.8 Å². The first kappa shape index (κ1) is 21.2. The number of nitrogens with one attached hydrogen (secondary N) is 1. The standard InChI is InChI=1S/C24H23N5O3/c30-22(27-32)20-16-25-24(26-17-20)29-13-11-28(12-14-29)23(31)21(19-9-5-2-6-10-19)15-18-7-3-1-4-8-18/h1-10,15-17,32H,11-14H2,(H,27,30). The number of nitrogens with zero attached hydrogens (tertiary/aromatic N) is 4. The molecule has 8 nitrogen and oxygen atoms in total. The molecule has 0 bridgehead atoms. The van der Waals surface area contributed by atoms with Crippen LogP contribution in [0.4, 0.5) is 5.95 Å². The topological polar surface area (TPSA) is 98.7 Å². The Bertz CT molecular complexity index is 1090. The van der Waals surface area contributed by atoms with Gasteiger partial charge in [0.1, 0.15) is 0 Å². The first-order valence-electron chi connectivity index (χ1n) is 10.3. The third-order valence-corrected chi connectivity index (χ3v) is 5.28. The number of hydrogen-bond donors (Lipinski definition) is 2. The molecule has 4 rings (SSSR count). The van der Waals surface area contributed by atoms with Crippen molar-refractivity contribution < 1.29 is 14.8 Å². The van der Waals surface area contributed by atoms with Crippen molar-refractivity contribution in [2.24, 2.45) is 0 Å². The van der Waals surface area contributed by atoms with Gasteiger partial charge in [-0.05, 0) is 17.2 Å². The summed E-state index contributed by atoms with van der Waals surface area (Å²) in [6, 6.07) is 19.5. The third kappa shape index (κ3) is 4.81. The van der Waals surface area contributed by atoms with E-state index >= 15 is 0 Å². The van der Waals surface area contributed by atoms with Crippen molar-refractivity contribution >= 4 is 29.4 Å². The fourth-order valence-electron chi connectivity index (χ4n) is 3.55. The van der Waals surface area contributed by atoms with E-state index in [1.54, 1.807) is 5.48 Å². The minimum Gasteiger partial charge on any atom is -0.337 e. The number of carbonyl (C=O) groups is 2. The maximum absolute atomic E-state index is 13.4. The molecule has 0 radical (unpaired) electrons. The Morgan fingerprint density at radius 1 is 0.844 bits per heavy atom. The van der Waals surface area contributed by atoms with E-state index < -0.39 is 5.91 Å². The predicted molar refractivity (Wildman–Crippen MR) is 121 cm³/mol. The number of amides is 2. The molecule has 0 spiro atoms. The van der Waals surface area contributed by atoms with Crippen molar-refractivity contribution in [1.29, 1.82) is 0 Å². The number of benzene rings is 2. The Morgan fingerprint density at radius 2 is 1.44 bits per heavy atom. The van der Waals surface area contributed by atoms with E-state index in [4.69, 9.17) is 5.21 Å². The Kier molecular flexibility index (Phi) is 6.52. The van der Waals surface area contributed by atoms with Crippen LogP contribution in [0.3, 0.4) is 0 Å². The van der Waals surface area contributed by atoms with E-state index in [9.17, 15) is 9.59 Å². The summed E-state index contributed by atoms with van der Waals surface area (Å²) in [5.41, 5.74) is 4.23. The minimum absolute atomic E-state index is 0.0180. The average Bonchev–Trinajstić information content (AvgIpc) is 2.88. The fraction of sp³-hybridized carbons (Fsp3) is 0.167. The van der Waals surface area contributed by atoms with Gasteiger partial charge in [0.2, 0.25) is 5.95 Å². The van der Waals surface area contributed by atoms with Gasteiger partial charge >= 0.3 is 0 Å². The van der Waals surface area contributed by atoms with Gasteiger partial charge < -0.3 is 9.80 Å². The summed E-state index contributed by atoms with van der Waals surface area (Å²) in [4.78, 5) is 37.1. The summed E-state index contributed by atoms with van der Waals surface area (Å²) in [7, 11) is 0.